The minimum Gasteiger partial charge on any atom is -0.436 e. The van der Waals surface area contributed by atoms with Crippen LogP contribution in [0.3, 0.4) is 0 Å². The molecule has 21 heavy (non-hydrogen) atoms. The van der Waals surface area contributed by atoms with Gasteiger partial charge in [-0.2, -0.15) is 15.1 Å². The number of aromatic amines is 1. The Labute approximate surface area is 121 Å². The Bertz CT molecular complexity index is 782. The van der Waals surface area contributed by atoms with Crippen LogP contribution in [0.2, 0.25) is 0 Å². The van der Waals surface area contributed by atoms with Crippen LogP contribution in [0.4, 0.5) is 5.95 Å². The number of ether oxygens (including phenoxy) is 1. The van der Waals surface area contributed by atoms with Gasteiger partial charge in [0.2, 0.25) is 11.8 Å². The first-order valence-corrected chi connectivity index (χ1v) is 6.74. The number of hydrogen-bond acceptors (Lipinski definition) is 6. The number of aromatic nitrogens is 5. The van der Waals surface area contributed by atoms with Crippen molar-refractivity contribution in [3.63, 3.8) is 0 Å². The fourth-order valence-corrected chi connectivity index (χ4v) is 2.05. The van der Waals surface area contributed by atoms with E-state index in [-0.39, 0.29) is 0 Å². The van der Waals surface area contributed by atoms with Crippen LogP contribution in [-0.2, 0) is 6.42 Å². The molecular formula is C14H16N6O. The molecule has 2 N–H and O–H groups in total. The zero-order valence-electron chi connectivity index (χ0n) is 12.1. The van der Waals surface area contributed by atoms with Gasteiger partial charge in [0.25, 0.3) is 0 Å². The summed E-state index contributed by atoms with van der Waals surface area (Å²) in [4.78, 5) is 13.1. The Morgan fingerprint density at radius 2 is 2.10 bits per heavy atom. The molecule has 0 aliphatic heterocycles. The lowest BCUT2D eigenvalue weighted by Crippen LogP contribution is -2.01. The van der Waals surface area contributed by atoms with Gasteiger partial charge in [0.05, 0.1) is 11.9 Å². The van der Waals surface area contributed by atoms with Gasteiger partial charge in [0.15, 0.2) is 11.4 Å². The molecule has 0 spiro atoms. The summed E-state index contributed by atoms with van der Waals surface area (Å²) in [5.41, 5.74) is 2.49. The number of nitrogens with one attached hydrogen (secondary N) is 2. The van der Waals surface area contributed by atoms with Crippen molar-refractivity contribution in [2.24, 2.45) is 0 Å². The summed E-state index contributed by atoms with van der Waals surface area (Å²) in [7, 11) is 1.76. The van der Waals surface area contributed by atoms with E-state index in [4.69, 9.17) is 4.74 Å². The minimum absolute atomic E-state index is 0.457. The Kier molecular flexibility index (Phi) is 3.39. The van der Waals surface area contributed by atoms with Crippen molar-refractivity contribution in [3.05, 3.63) is 29.7 Å². The van der Waals surface area contributed by atoms with Gasteiger partial charge >= 0.3 is 0 Å². The molecular weight excluding hydrogens is 268 g/mol. The molecule has 7 nitrogen and oxygen atoms in total. The molecule has 0 aliphatic rings. The van der Waals surface area contributed by atoms with Crippen molar-refractivity contribution in [2.75, 3.05) is 12.4 Å². The van der Waals surface area contributed by atoms with Crippen molar-refractivity contribution in [2.45, 2.75) is 20.3 Å². The van der Waals surface area contributed by atoms with Gasteiger partial charge in [-0.05, 0) is 25.5 Å². The van der Waals surface area contributed by atoms with Gasteiger partial charge in [-0.25, -0.2) is 0 Å². The topological polar surface area (TPSA) is 88.6 Å². The van der Waals surface area contributed by atoms with E-state index in [9.17, 15) is 0 Å². The van der Waals surface area contributed by atoms with Gasteiger partial charge in [0, 0.05) is 12.7 Å². The number of nitrogens with zero attached hydrogens (tertiary/aromatic N) is 4. The third-order valence-corrected chi connectivity index (χ3v) is 3.11. The molecule has 0 radical (unpaired) electrons. The lowest BCUT2D eigenvalue weighted by Gasteiger charge is -2.10. The summed E-state index contributed by atoms with van der Waals surface area (Å²) in [5.74, 6) is 1.63. The van der Waals surface area contributed by atoms with Crippen LogP contribution >= 0.6 is 0 Å². The summed E-state index contributed by atoms with van der Waals surface area (Å²) in [6.07, 6.45) is 2.44. The molecule has 0 unspecified atom stereocenters. The molecule has 0 bridgehead atoms. The predicted octanol–water partition coefficient (Wildman–Crippen LogP) is 2.45. The van der Waals surface area contributed by atoms with Gasteiger partial charge < -0.3 is 10.1 Å². The fourth-order valence-electron chi connectivity index (χ4n) is 2.05. The average Bonchev–Trinajstić information content (AvgIpc) is 2.97. The molecule has 3 aromatic rings. The maximum Gasteiger partial charge on any atom is 0.235 e. The molecule has 0 amide bonds. The monoisotopic (exact) mass is 284 g/mol. The lowest BCUT2D eigenvalue weighted by molar-refractivity contribution is 0.460. The predicted molar refractivity (Wildman–Crippen MR) is 79.7 cm³/mol. The quantitative estimate of drug-likeness (QED) is 0.765. The second-order valence-corrected chi connectivity index (χ2v) is 4.59. The summed E-state index contributed by atoms with van der Waals surface area (Å²) in [5, 5.41) is 10.4. The number of H-pyrrole nitrogens is 1. The summed E-state index contributed by atoms with van der Waals surface area (Å²) < 4.78 is 5.96. The zero-order valence-corrected chi connectivity index (χ0v) is 12.1. The SMILES string of the molecule is CCc1nc(C)ccc1Oc1nc(NC)nc2[nH]ncc12. The van der Waals surface area contributed by atoms with Crippen molar-refractivity contribution >= 4 is 17.0 Å². The molecule has 0 saturated carbocycles. The highest BCUT2D eigenvalue weighted by molar-refractivity contribution is 5.80. The normalized spacial score (nSPS) is 10.8. The van der Waals surface area contributed by atoms with Crippen molar-refractivity contribution in [1.82, 2.24) is 25.1 Å². The standard InChI is InChI=1S/C14H16N6O/c1-4-10-11(6-5-8(2)17-10)21-13-9-7-16-20-12(9)18-14(15-3)19-13/h5-7H,4H2,1-3H3,(H2,15,16,18,19,20). The van der Waals surface area contributed by atoms with Crippen LogP contribution in [0.5, 0.6) is 11.6 Å². The molecule has 3 aromatic heterocycles. The Morgan fingerprint density at radius 1 is 1.24 bits per heavy atom. The number of hydrogen-bond donors (Lipinski definition) is 2. The molecule has 3 rings (SSSR count). The van der Waals surface area contributed by atoms with E-state index >= 15 is 0 Å². The number of anilines is 1. The van der Waals surface area contributed by atoms with Gasteiger partial charge in [-0.3, -0.25) is 10.1 Å². The van der Waals surface area contributed by atoms with Gasteiger partial charge in [-0.15, -0.1) is 0 Å². The highest BCUT2D eigenvalue weighted by Gasteiger charge is 2.13. The fraction of sp³-hybridized carbons (Fsp3) is 0.286. The van der Waals surface area contributed by atoms with E-state index in [0.717, 1.165) is 23.2 Å². The van der Waals surface area contributed by atoms with Crippen molar-refractivity contribution < 1.29 is 4.74 Å². The Morgan fingerprint density at radius 3 is 2.86 bits per heavy atom. The molecule has 0 aromatic carbocycles. The average molecular weight is 284 g/mol. The molecule has 0 saturated heterocycles. The van der Waals surface area contributed by atoms with E-state index in [2.05, 4.69) is 30.5 Å². The first-order valence-electron chi connectivity index (χ1n) is 6.74. The van der Waals surface area contributed by atoms with Crippen LogP contribution in [0.25, 0.3) is 11.0 Å². The second kappa shape index (κ2) is 5.35. The van der Waals surface area contributed by atoms with Crippen molar-refractivity contribution in [3.8, 4) is 11.6 Å². The second-order valence-electron chi connectivity index (χ2n) is 4.59. The third-order valence-electron chi connectivity index (χ3n) is 3.11. The molecule has 7 heteroatoms. The van der Waals surface area contributed by atoms with Gasteiger partial charge in [0.1, 0.15) is 5.39 Å². The maximum atomic E-state index is 5.96. The van der Waals surface area contributed by atoms with E-state index in [1.165, 1.54) is 0 Å². The Balaban J connectivity index is 2.07. The zero-order chi connectivity index (χ0) is 14.8. The van der Waals surface area contributed by atoms with Crippen LogP contribution < -0.4 is 10.1 Å². The van der Waals surface area contributed by atoms with Crippen LogP contribution in [0, 0.1) is 6.92 Å². The first kappa shape index (κ1) is 13.3. The van der Waals surface area contributed by atoms with Crippen LogP contribution in [-0.4, -0.2) is 32.2 Å². The molecule has 108 valence electrons. The number of fused-ring (bicyclic) bond motifs is 1. The first-order chi connectivity index (χ1) is 10.2. The minimum atomic E-state index is 0.457. The highest BCUT2D eigenvalue weighted by atomic mass is 16.5. The smallest absolute Gasteiger partial charge is 0.235 e. The van der Waals surface area contributed by atoms with Crippen LogP contribution in [0.15, 0.2) is 18.3 Å². The number of pyridine rings is 1. The number of rotatable bonds is 4. The van der Waals surface area contributed by atoms with Crippen LogP contribution in [0.1, 0.15) is 18.3 Å². The summed E-state index contributed by atoms with van der Waals surface area (Å²) in [6, 6.07) is 3.83. The van der Waals surface area contributed by atoms with E-state index in [1.807, 2.05) is 26.0 Å². The highest BCUT2D eigenvalue weighted by Crippen LogP contribution is 2.29. The molecule has 0 atom stereocenters. The molecule has 3 heterocycles. The Hall–Kier alpha value is -2.70. The van der Waals surface area contributed by atoms with E-state index < -0.39 is 0 Å². The summed E-state index contributed by atoms with van der Waals surface area (Å²) in [6.45, 7) is 4.00. The van der Waals surface area contributed by atoms with Crippen molar-refractivity contribution in [1.29, 1.82) is 0 Å². The number of aryl methyl sites for hydroxylation is 2. The molecule has 0 aliphatic carbocycles. The summed E-state index contributed by atoms with van der Waals surface area (Å²) >= 11 is 0. The van der Waals surface area contributed by atoms with E-state index in [1.54, 1.807) is 13.2 Å². The largest absolute Gasteiger partial charge is 0.436 e. The lowest BCUT2D eigenvalue weighted by atomic mass is 10.2. The van der Waals surface area contributed by atoms with Gasteiger partial charge in [-0.1, -0.05) is 6.92 Å². The van der Waals surface area contributed by atoms with E-state index in [0.29, 0.717) is 23.2 Å². The maximum absolute atomic E-state index is 5.96. The third kappa shape index (κ3) is 2.49. The molecule has 0 fully saturated rings.